The zero-order valence-electron chi connectivity index (χ0n) is 11.4. The summed E-state index contributed by atoms with van der Waals surface area (Å²) in [5.74, 6) is -0.310. The van der Waals surface area contributed by atoms with E-state index in [1.807, 2.05) is 13.0 Å². The SMILES string of the molecule is Cc1cc(NC(CO)c2ccc(F)cc2)c2nncn2n1. The number of anilines is 1. The number of hydrogen-bond acceptors (Lipinski definition) is 5. The van der Waals surface area contributed by atoms with E-state index in [1.54, 1.807) is 16.6 Å². The van der Waals surface area contributed by atoms with E-state index in [4.69, 9.17) is 0 Å². The van der Waals surface area contributed by atoms with Crippen molar-refractivity contribution in [3.8, 4) is 0 Å². The van der Waals surface area contributed by atoms with Crippen LogP contribution in [-0.4, -0.2) is 31.5 Å². The summed E-state index contributed by atoms with van der Waals surface area (Å²) in [5.41, 5.74) is 2.86. The lowest BCUT2D eigenvalue weighted by molar-refractivity contribution is 0.276. The summed E-state index contributed by atoms with van der Waals surface area (Å²) in [6.45, 7) is 1.73. The Balaban J connectivity index is 1.95. The molecule has 7 heteroatoms. The predicted molar refractivity (Wildman–Crippen MR) is 75.4 cm³/mol. The van der Waals surface area contributed by atoms with E-state index < -0.39 is 0 Å². The first-order valence-corrected chi connectivity index (χ1v) is 6.48. The monoisotopic (exact) mass is 287 g/mol. The summed E-state index contributed by atoms with van der Waals surface area (Å²) in [5, 5.41) is 24.9. The molecule has 0 aliphatic rings. The Hall–Kier alpha value is -2.54. The number of aryl methyl sites for hydroxylation is 1. The van der Waals surface area contributed by atoms with Crippen molar-refractivity contribution >= 4 is 11.3 Å². The van der Waals surface area contributed by atoms with Crippen molar-refractivity contribution in [2.24, 2.45) is 0 Å². The number of nitrogens with zero attached hydrogens (tertiary/aromatic N) is 4. The molecule has 3 rings (SSSR count). The molecule has 1 unspecified atom stereocenters. The number of rotatable bonds is 4. The van der Waals surface area contributed by atoms with Crippen LogP contribution in [0.25, 0.3) is 5.65 Å². The Kier molecular flexibility index (Phi) is 3.49. The van der Waals surface area contributed by atoms with Crippen molar-refractivity contribution in [1.82, 2.24) is 19.8 Å². The van der Waals surface area contributed by atoms with E-state index in [2.05, 4.69) is 20.6 Å². The van der Waals surface area contributed by atoms with Crippen LogP contribution < -0.4 is 5.32 Å². The summed E-state index contributed by atoms with van der Waals surface area (Å²) in [6.07, 6.45) is 1.51. The summed E-state index contributed by atoms with van der Waals surface area (Å²) in [6, 6.07) is 7.47. The largest absolute Gasteiger partial charge is 0.394 e. The molecular weight excluding hydrogens is 273 g/mol. The average Bonchev–Trinajstić information content (AvgIpc) is 2.94. The van der Waals surface area contributed by atoms with E-state index in [9.17, 15) is 9.50 Å². The fourth-order valence-electron chi connectivity index (χ4n) is 2.18. The van der Waals surface area contributed by atoms with Crippen molar-refractivity contribution in [2.75, 3.05) is 11.9 Å². The maximum atomic E-state index is 13.0. The number of aliphatic hydroxyl groups excluding tert-OH is 1. The molecule has 0 fully saturated rings. The number of aliphatic hydroxyl groups is 1. The second-order valence-electron chi connectivity index (χ2n) is 4.73. The van der Waals surface area contributed by atoms with E-state index in [-0.39, 0.29) is 18.5 Å². The molecule has 1 aromatic carbocycles. The van der Waals surface area contributed by atoms with Gasteiger partial charge in [-0.1, -0.05) is 12.1 Å². The number of nitrogens with one attached hydrogen (secondary N) is 1. The maximum Gasteiger partial charge on any atom is 0.200 e. The molecule has 0 aliphatic carbocycles. The van der Waals surface area contributed by atoms with Crippen molar-refractivity contribution in [3.05, 3.63) is 53.7 Å². The average molecular weight is 287 g/mol. The Labute approximate surface area is 120 Å². The first kappa shape index (κ1) is 13.4. The Morgan fingerprint density at radius 3 is 2.81 bits per heavy atom. The fraction of sp³-hybridized carbons (Fsp3) is 0.214. The zero-order valence-corrected chi connectivity index (χ0v) is 11.4. The summed E-state index contributed by atoms with van der Waals surface area (Å²) in [7, 11) is 0. The van der Waals surface area contributed by atoms with E-state index >= 15 is 0 Å². The second-order valence-corrected chi connectivity index (χ2v) is 4.73. The zero-order chi connectivity index (χ0) is 14.8. The minimum atomic E-state index is -0.368. The molecule has 0 amide bonds. The smallest absolute Gasteiger partial charge is 0.200 e. The number of hydrogen-bond donors (Lipinski definition) is 2. The van der Waals surface area contributed by atoms with Crippen LogP contribution in [-0.2, 0) is 0 Å². The van der Waals surface area contributed by atoms with E-state index in [0.29, 0.717) is 11.3 Å². The third kappa shape index (κ3) is 2.68. The molecule has 0 aliphatic heterocycles. The van der Waals surface area contributed by atoms with Crippen molar-refractivity contribution < 1.29 is 9.50 Å². The van der Waals surface area contributed by atoms with Crippen LogP contribution in [0.1, 0.15) is 17.3 Å². The van der Waals surface area contributed by atoms with Crippen LogP contribution >= 0.6 is 0 Å². The van der Waals surface area contributed by atoms with E-state index in [0.717, 1.165) is 11.3 Å². The van der Waals surface area contributed by atoms with Crippen molar-refractivity contribution in [2.45, 2.75) is 13.0 Å². The highest BCUT2D eigenvalue weighted by Crippen LogP contribution is 2.22. The van der Waals surface area contributed by atoms with Gasteiger partial charge in [0.1, 0.15) is 12.1 Å². The molecule has 0 bridgehead atoms. The van der Waals surface area contributed by atoms with Crippen LogP contribution in [0.3, 0.4) is 0 Å². The first-order valence-electron chi connectivity index (χ1n) is 6.48. The standard InChI is InChI=1S/C14H14FN5O/c1-9-6-12(14-18-16-8-20(14)19-9)17-13(7-21)10-2-4-11(15)5-3-10/h2-6,8,13,17,21H,7H2,1H3. The molecule has 2 heterocycles. The van der Waals surface area contributed by atoms with Crippen LogP contribution in [0, 0.1) is 12.7 Å². The summed E-state index contributed by atoms with van der Waals surface area (Å²) < 4.78 is 14.6. The summed E-state index contributed by atoms with van der Waals surface area (Å²) in [4.78, 5) is 0. The molecule has 2 aromatic heterocycles. The Bertz CT molecular complexity index is 756. The van der Waals surface area contributed by atoms with Gasteiger partial charge in [0.2, 0.25) is 5.65 Å². The molecule has 108 valence electrons. The lowest BCUT2D eigenvalue weighted by Gasteiger charge is -2.18. The maximum absolute atomic E-state index is 13.0. The third-order valence-electron chi connectivity index (χ3n) is 3.17. The molecule has 0 saturated heterocycles. The van der Waals surface area contributed by atoms with Gasteiger partial charge in [0.15, 0.2) is 0 Å². The number of halogens is 1. The van der Waals surface area contributed by atoms with Gasteiger partial charge in [-0.2, -0.15) is 9.61 Å². The van der Waals surface area contributed by atoms with Gasteiger partial charge in [-0.3, -0.25) is 0 Å². The van der Waals surface area contributed by atoms with Gasteiger partial charge in [0.05, 0.1) is 24.0 Å². The Morgan fingerprint density at radius 2 is 2.10 bits per heavy atom. The molecule has 0 spiro atoms. The highest BCUT2D eigenvalue weighted by molar-refractivity contribution is 5.67. The third-order valence-corrected chi connectivity index (χ3v) is 3.17. The van der Waals surface area contributed by atoms with Gasteiger partial charge < -0.3 is 10.4 Å². The van der Waals surface area contributed by atoms with Crippen LogP contribution in [0.15, 0.2) is 36.7 Å². The number of fused-ring (bicyclic) bond motifs is 1. The van der Waals surface area contributed by atoms with Gasteiger partial charge in [-0.15, -0.1) is 10.2 Å². The highest BCUT2D eigenvalue weighted by Gasteiger charge is 2.14. The molecule has 21 heavy (non-hydrogen) atoms. The van der Waals surface area contributed by atoms with Crippen molar-refractivity contribution in [3.63, 3.8) is 0 Å². The predicted octanol–water partition coefficient (Wildman–Crippen LogP) is 1.72. The lowest BCUT2D eigenvalue weighted by Crippen LogP contribution is -2.16. The molecule has 0 radical (unpaired) electrons. The molecule has 6 nitrogen and oxygen atoms in total. The quantitative estimate of drug-likeness (QED) is 0.764. The minimum Gasteiger partial charge on any atom is -0.394 e. The topological polar surface area (TPSA) is 75.3 Å². The van der Waals surface area contributed by atoms with Crippen molar-refractivity contribution in [1.29, 1.82) is 0 Å². The number of benzene rings is 1. The highest BCUT2D eigenvalue weighted by atomic mass is 19.1. The van der Waals surface area contributed by atoms with Gasteiger partial charge in [-0.05, 0) is 30.7 Å². The fourth-order valence-corrected chi connectivity index (χ4v) is 2.18. The van der Waals surface area contributed by atoms with E-state index in [1.165, 1.54) is 18.5 Å². The van der Waals surface area contributed by atoms with Gasteiger partial charge in [-0.25, -0.2) is 4.39 Å². The molecule has 1 atom stereocenters. The van der Waals surface area contributed by atoms with Gasteiger partial charge >= 0.3 is 0 Å². The molecule has 2 N–H and O–H groups in total. The molecule has 3 aromatic rings. The van der Waals surface area contributed by atoms with Gasteiger partial charge in [0.25, 0.3) is 0 Å². The normalized spacial score (nSPS) is 12.5. The molecule has 0 saturated carbocycles. The molecular formula is C14H14FN5O. The first-order chi connectivity index (χ1) is 10.2. The van der Waals surface area contributed by atoms with Crippen LogP contribution in [0.2, 0.25) is 0 Å². The second kappa shape index (κ2) is 5.45. The number of aromatic nitrogens is 4. The minimum absolute atomic E-state index is 0.132. The van der Waals surface area contributed by atoms with Gasteiger partial charge in [0, 0.05) is 0 Å². The summed E-state index contributed by atoms with van der Waals surface area (Å²) >= 11 is 0. The Morgan fingerprint density at radius 1 is 1.33 bits per heavy atom. The lowest BCUT2D eigenvalue weighted by atomic mass is 10.1. The van der Waals surface area contributed by atoms with Crippen LogP contribution in [0.5, 0.6) is 0 Å². The van der Waals surface area contributed by atoms with Crippen LogP contribution in [0.4, 0.5) is 10.1 Å².